The maximum atomic E-state index is 6.50. The number of fused-ring (bicyclic) bond motifs is 2. The van der Waals surface area contributed by atoms with E-state index >= 15 is 0 Å². The molecular formula is C19H15ClZr. The second-order valence-electron chi connectivity index (χ2n) is 5.73. The Balaban J connectivity index is 1.64. The van der Waals surface area contributed by atoms with Gasteiger partial charge in [-0.25, -0.2) is 0 Å². The van der Waals surface area contributed by atoms with Crippen molar-refractivity contribution < 1.29 is 22.0 Å². The van der Waals surface area contributed by atoms with Crippen LogP contribution in [0.4, 0.5) is 0 Å². The van der Waals surface area contributed by atoms with Gasteiger partial charge >= 0.3 is 141 Å². The van der Waals surface area contributed by atoms with Crippen LogP contribution in [0, 0.1) is 0 Å². The third-order valence-electron chi connectivity index (χ3n) is 4.43. The molecule has 2 aliphatic carbocycles. The molecule has 0 amide bonds. The first kappa shape index (κ1) is 13.7. The maximum absolute atomic E-state index is 6.50. The van der Waals surface area contributed by atoms with E-state index in [0.717, 1.165) is 12.8 Å². The fourth-order valence-corrected chi connectivity index (χ4v) is 6.62. The Kier molecular flexibility index (Phi) is 3.73. The average Bonchev–Trinajstić information content (AvgIpc) is 3.11. The molecular weight excluding hydrogens is 355 g/mol. The molecule has 0 heterocycles. The van der Waals surface area contributed by atoms with Crippen LogP contribution < -0.4 is 0 Å². The molecule has 0 bridgehead atoms. The van der Waals surface area contributed by atoms with Crippen LogP contribution in [0.25, 0.3) is 12.2 Å². The van der Waals surface area contributed by atoms with Crippen LogP contribution in [0.3, 0.4) is 0 Å². The van der Waals surface area contributed by atoms with Gasteiger partial charge in [-0.3, -0.25) is 0 Å². The number of hydrogen-bond donors (Lipinski definition) is 0. The normalized spacial score (nSPS) is 15.5. The van der Waals surface area contributed by atoms with Gasteiger partial charge in [-0.1, -0.05) is 0 Å². The van der Waals surface area contributed by atoms with Gasteiger partial charge in [-0.05, 0) is 0 Å². The Bertz CT molecular complexity index is 694. The molecule has 0 atom stereocenters. The van der Waals surface area contributed by atoms with E-state index in [1.54, 1.807) is 0 Å². The fourth-order valence-electron chi connectivity index (χ4n) is 3.36. The zero-order valence-electron chi connectivity index (χ0n) is 11.6. The van der Waals surface area contributed by atoms with Gasteiger partial charge in [0.15, 0.2) is 0 Å². The van der Waals surface area contributed by atoms with Gasteiger partial charge in [0, 0.05) is 0 Å². The Labute approximate surface area is 140 Å². The van der Waals surface area contributed by atoms with Crippen LogP contribution in [0.15, 0.2) is 59.7 Å². The molecule has 2 heteroatoms. The van der Waals surface area contributed by atoms with Crippen LogP contribution >= 0.6 is 8.51 Å². The van der Waals surface area contributed by atoms with E-state index in [-0.39, 0.29) is 0 Å². The molecule has 4 rings (SSSR count). The van der Waals surface area contributed by atoms with Crippen molar-refractivity contribution in [3.63, 3.8) is 0 Å². The number of halogens is 1. The van der Waals surface area contributed by atoms with E-state index in [1.165, 1.54) is 33.4 Å². The predicted octanol–water partition coefficient (Wildman–Crippen LogP) is 5.29. The minimum absolute atomic E-state index is 0.537. The van der Waals surface area contributed by atoms with Gasteiger partial charge in [0.25, 0.3) is 0 Å². The SMILES string of the molecule is [Cl][Zr][CH](C1=Cc2ccccc2C1)C1=Cc2ccccc2C1. The standard InChI is InChI=1S/C19H15.ClH.Zr/c1-2-6-17-11-14(10-16(17)5-1)9-15-12-18-7-3-4-8-19(18)13-15;;/h1-10,12H,11,13H2;1H;/q;;+1/p-1. The van der Waals surface area contributed by atoms with Crippen molar-refractivity contribution in [2.75, 3.05) is 0 Å². The molecule has 0 fully saturated rings. The summed E-state index contributed by atoms with van der Waals surface area (Å²) in [6.45, 7) is 0. The molecule has 0 saturated heterocycles. The molecule has 0 aliphatic heterocycles. The van der Waals surface area contributed by atoms with E-state index in [2.05, 4.69) is 60.7 Å². The summed E-state index contributed by atoms with van der Waals surface area (Å²) in [7, 11) is 6.50. The Hall–Kier alpha value is -0.907. The summed E-state index contributed by atoms with van der Waals surface area (Å²) in [4.78, 5) is 0. The molecule has 0 aromatic heterocycles. The predicted molar refractivity (Wildman–Crippen MR) is 85.8 cm³/mol. The van der Waals surface area contributed by atoms with Crippen molar-refractivity contribution in [1.82, 2.24) is 0 Å². The van der Waals surface area contributed by atoms with Crippen molar-refractivity contribution in [1.29, 1.82) is 0 Å². The molecule has 2 aliphatic rings. The van der Waals surface area contributed by atoms with Gasteiger partial charge in [0.05, 0.1) is 0 Å². The molecule has 102 valence electrons. The van der Waals surface area contributed by atoms with E-state index in [0.29, 0.717) is 3.63 Å². The molecule has 0 unspecified atom stereocenters. The van der Waals surface area contributed by atoms with Crippen LogP contribution in [0.5, 0.6) is 0 Å². The number of hydrogen-bond acceptors (Lipinski definition) is 0. The van der Waals surface area contributed by atoms with Crippen LogP contribution in [0.2, 0.25) is 3.63 Å². The zero-order valence-corrected chi connectivity index (χ0v) is 14.9. The topological polar surface area (TPSA) is 0 Å². The van der Waals surface area contributed by atoms with Crippen LogP contribution in [-0.4, -0.2) is 0 Å². The zero-order chi connectivity index (χ0) is 14.2. The van der Waals surface area contributed by atoms with Crippen molar-refractivity contribution in [2.45, 2.75) is 16.5 Å². The first-order valence-electron chi connectivity index (χ1n) is 7.28. The van der Waals surface area contributed by atoms with E-state index in [4.69, 9.17) is 8.51 Å². The molecule has 0 saturated carbocycles. The number of benzene rings is 2. The fraction of sp³-hybridized carbons (Fsp3) is 0.158. The molecule has 0 spiro atoms. The summed E-state index contributed by atoms with van der Waals surface area (Å²) in [5, 5.41) is 0. The number of allylic oxidation sites excluding steroid dienone is 2. The quantitative estimate of drug-likeness (QED) is 0.689. The summed E-state index contributed by atoms with van der Waals surface area (Å²) < 4.78 is 0.537. The summed E-state index contributed by atoms with van der Waals surface area (Å²) in [5.74, 6) is 0. The molecule has 2 aromatic carbocycles. The Morgan fingerprint density at radius 3 is 1.67 bits per heavy atom. The summed E-state index contributed by atoms with van der Waals surface area (Å²) >= 11 is -0.915. The molecule has 21 heavy (non-hydrogen) atoms. The van der Waals surface area contributed by atoms with Gasteiger partial charge in [-0.2, -0.15) is 0 Å². The van der Waals surface area contributed by atoms with E-state index in [9.17, 15) is 0 Å². The van der Waals surface area contributed by atoms with Gasteiger partial charge in [0.1, 0.15) is 0 Å². The molecule has 0 radical (unpaired) electrons. The monoisotopic (exact) mass is 368 g/mol. The van der Waals surface area contributed by atoms with Gasteiger partial charge in [-0.15, -0.1) is 0 Å². The van der Waals surface area contributed by atoms with Crippen LogP contribution in [-0.2, 0) is 34.9 Å². The van der Waals surface area contributed by atoms with Gasteiger partial charge in [0.2, 0.25) is 0 Å². The molecule has 0 N–H and O–H groups in total. The third kappa shape index (κ3) is 2.52. The first-order valence-corrected chi connectivity index (χ1v) is 11.9. The van der Waals surface area contributed by atoms with Gasteiger partial charge < -0.3 is 0 Å². The first-order chi connectivity index (χ1) is 10.3. The minimum atomic E-state index is -0.915. The summed E-state index contributed by atoms with van der Waals surface area (Å²) in [5.41, 5.74) is 8.76. The number of rotatable bonds is 3. The molecule has 0 nitrogen and oxygen atoms in total. The van der Waals surface area contributed by atoms with Crippen molar-refractivity contribution >= 4 is 20.7 Å². The Morgan fingerprint density at radius 2 is 1.24 bits per heavy atom. The third-order valence-corrected chi connectivity index (χ3v) is 8.08. The van der Waals surface area contributed by atoms with Crippen molar-refractivity contribution in [2.24, 2.45) is 0 Å². The summed E-state index contributed by atoms with van der Waals surface area (Å²) in [6.07, 6.45) is 6.93. The van der Waals surface area contributed by atoms with Crippen molar-refractivity contribution in [3.05, 3.63) is 81.9 Å². The van der Waals surface area contributed by atoms with Crippen LogP contribution in [0.1, 0.15) is 22.3 Å². The average molecular weight is 370 g/mol. The molecule has 2 aromatic rings. The van der Waals surface area contributed by atoms with Crippen molar-refractivity contribution in [3.8, 4) is 0 Å². The Morgan fingerprint density at radius 1 is 0.762 bits per heavy atom. The summed E-state index contributed by atoms with van der Waals surface area (Å²) in [6, 6.07) is 17.4. The second kappa shape index (κ2) is 5.71. The van der Waals surface area contributed by atoms with E-state index in [1.807, 2.05) is 0 Å². The van der Waals surface area contributed by atoms with E-state index < -0.39 is 22.0 Å². The second-order valence-corrected chi connectivity index (χ2v) is 8.98.